The molecule has 1 rings (SSSR count). The summed E-state index contributed by atoms with van der Waals surface area (Å²) >= 11 is 0. The first-order valence-electron chi connectivity index (χ1n) is 7.25. The van der Waals surface area contributed by atoms with Crippen LogP contribution in [0.25, 0.3) is 0 Å². The van der Waals surface area contributed by atoms with Crippen molar-refractivity contribution in [3.63, 3.8) is 0 Å². The first-order chi connectivity index (χ1) is 10.0. The number of hydrogen-bond acceptors (Lipinski definition) is 4. The van der Waals surface area contributed by atoms with Crippen molar-refractivity contribution >= 4 is 17.9 Å². The summed E-state index contributed by atoms with van der Waals surface area (Å²) in [5.41, 5.74) is 0. The molecule has 0 aliphatic carbocycles. The molecule has 21 heavy (non-hydrogen) atoms. The number of nitrogens with zero attached hydrogens (tertiary/aromatic N) is 1. The monoisotopic (exact) mass is 300 g/mol. The Morgan fingerprint density at radius 2 is 1.90 bits per heavy atom. The third kappa shape index (κ3) is 6.94. The first kappa shape index (κ1) is 17.2. The molecule has 0 aromatic rings. The smallest absolute Gasteiger partial charge is 0.315 e. The highest BCUT2D eigenvalue weighted by Gasteiger charge is 2.17. The number of carboxylic acids is 1. The van der Waals surface area contributed by atoms with Crippen molar-refractivity contribution in [3.05, 3.63) is 0 Å². The van der Waals surface area contributed by atoms with Crippen molar-refractivity contribution in [3.8, 4) is 0 Å². The number of hydrogen-bond donors (Lipinski definition) is 4. The minimum absolute atomic E-state index is 0.0243. The van der Waals surface area contributed by atoms with Gasteiger partial charge < -0.3 is 26.0 Å². The molecular weight excluding hydrogens is 276 g/mol. The second-order valence-corrected chi connectivity index (χ2v) is 5.07. The van der Waals surface area contributed by atoms with Gasteiger partial charge in [0.05, 0.1) is 6.54 Å². The molecule has 0 bridgehead atoms. The van der Waals surface area contributed by atoms with Crippen LogP contribution < -0.4 is 16.0 Å². The zero-order chi connectivity index (χ0) is 15.7. The minimum atomic E-state index is -0.877. The molecule has 1 aliphatic rings. The molecule has 0 aromatic carbocycles. The van der Waals surface area contributed by atoms with E-state index in [2.05, 4.69) is 16.0 Å². The van der Waals surface area contributed by atoms with Gasteiger partial charge in [-0.2, -0.15) is 0 Å². The Labute approximate surface area is 124 Å². The second kappa shape index (κ2) is 9.17. The molecule has 8 nitrogen and oxygen atoms in total. The Hall–Kier alpha value is -1.83. The zero-order valence-electron chi connectivity index (χ0n) is 12.4. The highest BCUT2D eigenvalue weighted by Crippen LogP contribution is 2.06. The molecule has 1 heterocycles. The Bertz CT molecular complexity index is 369. The van der Waals surface area contributed by atoms with Crippen molar-refractivity contribution in [2.24, 2.45) is 5.92 Å². The molecule has 1 atom stereocenters. The lowest BCUT2D eigenvalue weighted by Gasteiger charge is -2.27. The summed E-state index contributed by atoms with van der Waals surface area (Å²) < 4.78 is 0. The summed E-state index contributed by atoms with van der Waals surface area (Å²) in [7, 11) is 0. The van der Waals surface area contributed by atoms with Crippen LogP contribution in [0.1, 0.15) is 19.8 Å². The van der Waals surface area contributed by atoms with Gasteiger partial charge in [-0.05, 0) is 5.92 Å². The lowest BCUT2D eigenvalue weighted by molar-refractivity contribution is -0.138. The quantitative estimate of drug-likeness (QED) is 0.493. The lowest BCUT2D eigenvalue weighted by Crippen LogP contribution is -2.50. The van der Waals surface area contributed by atoms with E-state index in [1.807, 2.05) is 6.92 Å². The van der Waals surface area contributed by atoms with Gasteiger partial charge in [0.2, 0.25) is 5.91 Å². The van der Waals surface area contributed by atoms with E-state index >= 15 is 0 Å². The van der Waals surface area contributed by atoms with E-state index in [1.54, 1.807) is 4.90 Å². The van der Waals surface area contributed by atoms with E-state index in [0.29, 0.717) is 19.5 Å². The summed E-state index contributed by atoms with van der Waals surface area (Å²) in [4.78, 5) is 35.7. The topological polar surface area (TPSA) is 111 Å². The molecule has 3 amide bonds. The highest BCUT2D eigenvalue weighted by atomic mass is 16.4. The summed E-state index contributed by atoms with van der Waals surface area (Å²) in [6.07, 6.45) is 0.697. The molecule has 0 spiro atoms. The molecule has 0 aromatic heterocycles. The van der Waals surface area contributed by atoms with Crippen LogP contribution in [0.3, 0.4) is 0 Å². The van der Waals surface area contributed by atoms with Crippen LogP contribution in [-0.4, -0.2) is 67.2 Å². The van der Waals surface area contributed by atoms with Crippen molar-refractivity contribution in [1.29, 1.82) is 0 Å². The van der Waals surface area contributed by atoms with Crippen molar-refractivity contribution in [1.82, 2.24) is 20.9 Å². The van der Waals surface area contributed by atoms with Gasteiger partial charge in [0, 0.05) is 39.1 Å². The van der Waals surface area contributed by atoms with Crippen molar-refractivity contribution in [2.45, 2.75) is 19.8 Å². The molecular formula is C13H24N4O4. The molecule has 8 heteroatoms. The maximum absolute atomic E-state index is 11.8. The highest BCUT2D eigenvalue weighted by molar-refractivity contribution is 5.84. The number of carbonyl (C=O) groups excluding carboxylic acids is 2. The fraction of sp³-hybridized carbons (Fsp3) is 0.769. The fourth-order valence-corrected chi connectivity index (χ4v) is 2.09. The second-order valence-electron chi connectivity index (χ2n) is 5.07. The van der Waals surface area contributed by atoms with Gasteiger partial charge in [0.1, 0.15) is 0 Å². The van der Waals surface area contributed by atoms with E-state index in [9.17, 15) is 14.4 Å². The van der Waals surface area contributed by atoms with E-state index in [4.69, 9.17) is 5.11 Å². The Morgan fingerprint density at radius 3 is 2.48 bits per heavy atom. The largest absolute Gasteiger partial charge is 0.481 e. The fourth-order valence-electron chi connectivity index (χ4n) is 2.09. The predicted molar refractivity (Wildman–Crippen MR) is 76.9 cm³/mol. The van der Waals surface area contributed by atoms with Gasteiger partial charge >= 0.3 is 12.0 Å². The average molecular weight is 300 g/mol. The van der Waals surface area contributed by atoms with E-state index in [0.717, 1.165) is 13.1 Å². The number of amides is 3. The molecule has 120 valence electrons. The van der Waals surface area contributed by atoms with Gasteiger partial charge in [-0.15, -0.1) is 0 Å². The normalized spacial score (nSPS) is 16.1. The van der Waals surface area contributed by atoms with Crippen LogP contribution in [0.15, 0.2) is 0 Å². The molecule has 1 fully saturated rings. The third-order valence-electron chi connectivity index (χ3n) is 3.46. The first-order valence-corrected chi connectivity index (χ1v) is 7.25. The summed E-state index contributed by atoms with van der Waals surface area (Å²) in [6.45, 7) is 4.97. The Kier molecular flexibility index (Phi) is 7.52. The van der Waals surface area contributed by atoms with Gasteiger partial charge in [-0.3, -0.25) is 9.59 Å². The van der Waals surface area contributed by atoms with Crippen LogP contribution in [0.4, 0.5) is 4.79 Å². The van der Waals surface area contributed by atoms with E-state index in [1.165, 1.54) is 0 Å². The van der Waals surface area contributed by atoms with E-state index in [-0.39, 0.29) is 31.3 Å². The molecule has 1 aliphatic heterocycles. The van der Waals surface area contributed by atoms with Crippen LogP contribution >= 0.6 is 0 Å². The van der Waals surface area contributed by atoms with Gasteiger partial charge in [0.25, 0.3) is 0 Å². The SMILES string of the molecule is CCC(CNC(=O)NCC(=O)N1CCNCC1)CC(=O)O. The Balaban J connectivity index is 2.20. The number of rotatable bonds is 7. The minimum Gasteiger partial charge on any atom is -0.481 e. The standard InChI is InChI=1S/C13H24N4O4/c1-2-10(7-12(19)20)8-15-13(21)16-9-11(18)17-5-3-14-4-6-17/h10,14H,2-9H2,1H3,(H,19,20)(H2,15,16,21). The lowest BCUT2D eigenvalue weighted by atomic mass is 10.0. The average Bonchev–Trinajstić information content (AvgIpc) is 2.49. The molecule has 1 unspecified atom stereocenters. The number of carboxylic acid groups (broad SMARTS) is 1. The van der Waals surface area contributed by atoms with Gasteiger partial charge in [-0.1, -0.05) is 13.3 Å². The van der Waals surface area contributed by atoms with Crippen molar-refractivity contribution in [2.75, 3.05) is 39.3 Å². The molecule has 1 saturated heterocycles. The number of carbonyl (C=O) groups is 3. The van der Waals surface area contributed by atoms with Gasteiger partial charge in [0.15, 0.2) is 0 Å². The maximum atomic E-state index is 11.8. The van der Waals surface area contributed by atoms with Crippen molar-refractivity contribution < 1.29 is 19.5 Å². The Morgan fingerprint density at radius 1 is 1.24 bits per heavy atom. The van der Waals surface area contributed by atoms with E-state index < -0.39 is 12.0 Å². The van der Waals surface area contributed by atoms with Crippen LogP contribution in [-0.2, 0) is 9.59 Å². The predicted octanol–water partition coefficient (Wildman–Crippen LogP) is -0.782. The maximum Gasteiger partial charge on any atom is 0.315 e. The third-order valence-corrected chi connectivity index (χ3v) is 3.46. The van der Waals surface area contributed by atoms with Gasteiger partial charge in [-0.25, -0.2) is 4.79 Å². The van der Waals surface area contributed by atoms with Crippen LogP contribution in [0.5, 0.6) is 0 Å². The number of aliphatic carboxylic acids is 1. The zero-order valence-corrected chi connectivity index (χ0v) is 12.4. The van der Waals surface area contributed by atoms with Crippen LogP contribution in [0.2, 0.25) is 0 Å². The molecule has 4 N–H and O–H groups in total. The van der Waals surface area contributed by atoms with Crippen LogP contribution in [0, 0.1) is 5.92 Å². The summed E-state index contributed by atoms with van der Waals surface area (Å²) in [5, 5.41) is 17.0. The number of nitrogens with one attached hydrogen (secondary N) is 3. The molecule has 0 radical (unpaired) electrons. The summed E-state index contributed by atoms with van der Waals surface area (Å²) in [6, 6.07) is -0.442. The summed E-state index contributed by atoms with van der Waals surface area (Å²) in [5.74, 6) is -1.08. The number of piperazine rings is 1. The molecule has 0 saturated carbocycles. The number of urea groups is 1.